The first kappa shape index (κ1) is 21.5. The highest BCUT2D eigenvalue weighted by atomic mass is 35.5. The standard InChI is InChI=1S/C20H21ClO8/c1-27-19(26)11-4-2-10(3-5-11)12-6-7-13(21)14(8-12)28-20-18(25)17(24)16(23)15(9-22)29-20/h2-8,15-18,20,22-25H,9H2,1H3. The van der Waals surface area contributed by atoms with E-state index in [9.17, 15) is 25.2 Å². The summed E-state index contributed by atoms with van der Waals surface area (Å²) >= 11 is 6.19. The highest BCUT2D eigenvalue weighted by Gasteiger charge is 2.44. The molecule has 5 unspecified atom stereocenters. The van der Waals surface area contributed by atoms with Crippen LogP contribution in [0.3, 0.4) is 0 Å². The Morgan fingerprint density at radius 3 is 2.31 bits per heavy atom. The SMILES string of the molecule is COC(=O)c1ccc(-c2ccc(Cl)c(OC3OC(CO)C(O)C(O)C3O)c2)cc1. The lowest BCUT2D eigenvalue weighted by Crippen LogP contribution is -2.60. The van der Waals surface area contributed by atoms with E-state index < -0.39 is 43.3 Å². The zero-order valence-corrected chi connectivity index (χ0v) is 16.2. The molecule has 1 aliphatic heterocycles. The summed E-state index contributed by atoms with van der Waals surface area (Å²) in [6.07, 6.45) is -7.03. The summed E-state index contributed by atoms with van der Waals surface area (Å²) in [7, 11) is 1.30. The maximum absolute atomic E-state index is 11.6. The fourth-order valence-electron chi connectivity index (χ4n) is 2.98. The molecule has 9 heteroatoms. The van der Waals surface area contributed by atoms with Crippen LogP contribution in [0.4, 0.5) is 0 Å². The van der Waals surface area contributed by atoms with Gasteiger partial charge in [-0.2, -0.15) is 0 Å². The summed E-state index contributed by atoms with van der Waals surface area (Å²) in [4.78, 5) is 11.6. The lowest BCUT2D eigenvalue weighted by Gasteiger charge is -2.39. The van der Waals surface area contributed by atoms with E-state index in [1.807, 2.05) is 0 Å². The topological polar surface area (TPSA) is 126 Å². The van der Waals surface area contributed by atoms with Crippen molar-refractivity contribution in [3.8, 4) is 16.9 Å². The molecule has 29 heavy (non-hydrogen) atoms. The summed E-state index contributed by atoms with van der Waals surface area (Å²) in [6, 6.07) is 11.6. The van der Waals surface area contributed by atoms with Crippen LogP contribution in [-0.2, 0) is 9.47 Å². The molecular formula is C20H21ClO8. The number of rotatable bonds is 5. The molecule has 1 aliphatic rings. The van der Waals surface area contributed by atoms with Crippen LogP contribution in [0.25, 0.3) is 11.1 Å². The van der Waals surface area contributed by atoms with Crippen molar-refractivity contribution in [2.24, 2.45) is 0 Å². The minimum Gasteiger partial charge on any atom is -0.465 e. The van der Waals surface area contributed by atoms with Crippen LogP contribution < -0.4 is 4.74 Å². The first-order valence-electron chi connectivity index (χ1n) is 8.81. The Morgan fingerprint density at radius 2 is 1.69 bits per heavy atom. The van der Waals surface area contributed by atoms with Crippen LogP contribution in [0, 0.1) is 0 Å². The molecule has 0 saturated carbocycles. The smallest absolute Gasteiger partial charge is 0.337 e. The number of methoxy groups -OCH3 is 1. The van der Waals surface area contributed by atoms with Gasteiger partial charge in [-0.05, 0) is 35.4 Å². The molecule has 0 spiro atoms. The molecule has 1 saturated heterocycles. The highest BCUT2D eigenvalue weighted by Crippen LogP contribution is 2.33. The van der Waals surface area contributed by atoms with Crippen LogP contribution in [0.15, 0.2) is 42.5 Å². The van der Waals surface area contributed by atoms with Crippen molar-refractivity contribution in [3.05, 3.63) is 53.1 Å². The second-order valence-electron chi connectivity index (χ2n) is 6.53. The Labute approximate surface area is 171 Å². The van der Waals surface area contributed by atoms with Crippen LogP contribution in [-0.4, -0.2) is 70.8 Å². The van der Waals surface area contributed by atoms with Gasteiger partial charge in [-0.3, -0.25) is 0 Å². The third-order valence-corrected chi connectivity index (χ3v) is 4.97. The first-order valence-corrected chi connectivity index (χ1v) is 9.19. The molecule has 8 nitrogen and oxygen atoms in total. The molecule has 156 valence electrons. The minimum atomic E-state index is -1.56. The Hall–Kier alpha value is -2.20. The maximum atomic E-state index is 11.6. The third-order valence-electron chi connectivity index (χ3n) is 4.66. The van der Waals surface area contributed by atoms with Crippen LogP contribution in [0.5, 0.6) is 5.75 Å². The van der Waals surface area contributed by atoms with Crippen molar-refractivity contribution >= 4 is 17.6 Å². The molecular weight excluding hydrogens is 404 g/mol. The fourth-order valence-corrected chi connectivity index (χ4v) is 3.14. The molecule has 4 N–H and O–H groups in total. The molecule has 5 atom stereocenters. The van der Waals surface area contributed by atoms with Crippen molar-refractivity contribution < 1.29 is 39.4 Å². The van der Waals surface area contributed by atoms with Gasteiger partial charge >= 0.3 is 5.97 Å². The van der Waals surface area contributed by atoms with Gasteiger partial charge in [-0.1, -0.05) is 29.8 Å². The first-order chi connectivity index (χ1) is 13.8. The third kappa shape index (κ3) is 4.53. The van der Waals surface area contributed by atoms with Crippen molar-refractivity contribution in [1.29, 1.82) is 0 Å². The number of carbonyl (C=O) groups excluding carboxylic acids is 1. The summed E-state index contributed by atoms with van der Waals surface area (Å²) in [6.45, 7) is -0.564. The van der Waals surface area contributed by atoms with Gasteiger partial charge in [-0.25, -0.2) is 4.79 Å². The summed E-state index contributed by atoms with van der Waals surface area (Å²) in [5, 5.41) is 39.4. The average molecular weight is 425 g/mol. The lowest BCUT2D eigenvalue weighted by atomic mass is 9.99. The number of carbonyl (C=O) groups is 1. The van der Waals surface area contributed by atoms with Crippen LogP contribution in [0.1, 0.15) is 10.4 Å². The molecule has 0 aromatic heterocycles. The molecule has 0 radical (unpaired) electrons. The Kier molecular flexibility index (Phi) is 6.74. The summed E-state index contributed by atoms with van der Waals surface area (Å²) in [5.74, 6) is -0.273. The predicted molar refractivity (Wildman–Crippen MR) is 103 cm³/mol. The quantitative estimate of drug-likeness (QED) is 0.523. The van der Waals surface area contributed by atoms with Gasteiger partial charge in [0.2, 0.25) is 6.29 Å². The predicted octanol–water partition coefficient (Wildman–Crippen LogP) is 0.972. The van der Waals surface area contributed by atoms with E-state index in [0.29, 0.717) is 11.1 Å². The molecule has 0 bridgehead atoms. The molecule has 1 fully saturated rings. The van der Waals surface area contributed by atoms with E-state index in [-0.39, 0.29) is 10.8 Å². The van der Waals surface area contributed by atoms with E-state index in [2.05, 4.69) is 4.74 Å². The summed E-state index contributed by atoms with van der Waals surface area (Å²) < 4.78 is 15.7. The Balaban J connectivity index is 1.83. The zero-order valence-electron chi connectivity index (χ0n) is 15.4. The molecule has 2 aromatic carbocycles. The number of hydrogen-bond donors (Lipinski definition) is 4. The Morgan fingerprint density at radius 1 is 1.03 bits per heavy atom. The van der Waals surface area contributed by atoms with Crippen molar-refractivity contribution in [2.45, 2.75) is 30.7 Å². The van der Waals surface area contributed by atoms with Gasteiger partial charge in [0.05, 0.1) is 24.3 Å². The number of ether oxygens (including phenoxy) is 3. The second kappa shape index (κ2) is 9.08. The number of aliphatic hydroxyl groups excluding tert-OH is 4. The highest BCUT2D eigenvalue weighted by molar-refractivity contribution is 6.32. The number of esters is 1. The van der Waals surface area contributed by atoms with Gasteiger partial charge in [0.25, 0.3) is 0 Å². The number of benzene rings is 2. The van der Waals surface area contributed by atoms with Crippen LogP contribution in [0.2, 0.25) is 5.02 Å². The van der Waals surface area contributed by atoms with Gasteiger partial charge < -0.3 is 34.6 Å². The van der Waals surface area contributed by atoms with Gasteiger partial charge in [0.15, 0.2) is 0 Å². The van der Waals surface area contributed by atoms with Crippen molar-refractivity contribution in [3.63, 3.8) is 0 Å². The molecule has 0 amide bonds. The zero-order chi connectivity index (χ0) is 21.1. The molecule has 3 rings (SSSR count). The Bertz CT molecular complexity index is 854. The lowest BCUT2D eigenvalue weighted by molar-refractivity contribution is -0.277. The minimum absolute atomic E-state index is 0.172. The van der Waals surface area contributed by atoms with Crippen molar-refractivity contribution in [1.82, 2.24) is 0 Å². The maximum Gasteiger partial charge on any atom is 0.337 e. The van der Waals surface area contributed by atoms with E-state index in [4.69, 9.17) is 21.1 Å². The average Bonchev–Trinajstić information content (AvgIpc) is 2.75. The van der Waals surface area contributed by atoms with Crippen molar-refractivity contribution in [2.75, 3.05) is 13.7 Å². The monoisotopic (exact) mass is 424 g/mol. The van der Waals surface area contributed by atoms with Gasteiger partial charge in [-0.15, -0.1) is 0 Å². The molecule has 0 aliphatic carbocycles. The van der Waals surface area contributed by atoms with Crippen LogP contribution >= 0.6 is 11.6 Å². The largest absolute Gasteiger partial charge is 0.465 e. The van der Waals surface area contributed by atoms with E-state index >= 15 is 0 Å². The van der Waals surface area contributed by atoms with E-state index in [0.717, 1.165) is 5.56 Å². The van der Waals surface area contributed by atoms with E-state index in [1.165, 1.54) is 7.11 Å². The van der Waals surface area contributed by atoms with E-state index in [1.54, 1.807) is 42.5 Å². The molecule has 1 heterocycles. The second-order valence-corrected chi connectivity index (χ2v) is 6.94. The van der Waals surface area contributed by atoms with Gasteiger partial charge in [0, 0.05) is 0 Å². The number of halogens is 1. The fraction of sp³-hybridized carbons (Fsp3) is 0.350. The van der Waals surface area contributed by atoms with Gasteiger partial charge in [0.1, 0.15) is 30.2 Å². The normalized spacial score (nSPS) is 26.8. The summed E-state index contributed by atoms with van der Waals surface area (Å²) in [5.41, 5.74) is 1.89. The molecule has 2 aromatic rings. The number of hydrogen-bond acceptors (Lipinski definition) is 8. The number of aliphatic hydroxyl groups is 4.